The largest absolute Gasteiger partial charge is 0.444 e. The van der Waals surface area contributed by atoms with Crippen molar-refractivity contribution >= 4 is 11.8 Å². The summed E-state index contributed by atoms with van der Waals surface area (Å²) in [6.45, 7) is 9.06. The average molecular weight is 351 g/mol. The van der Waals surface area contributed by atoms with Crippen LogP contribution in [0, 0.1) is 0 Å². The van der Waals surface area contributed by atoms with Crippen LogP contribution in [0.3, 0.4) is 0 Å². The molecular weight excluding hydrogens is 322 g/mol. The lowest BCUT2D eigenvalue weighted by Crippen LogP contribution is -2.62. The molecule has 0 spiro atoms. The highest BCUT2D eigenvalue weighted by Gasteiger charge is 2.48. The molecule has 0 radical (unpaired) electrons. The van der Waals surface area contributed by atoms with Gasteiger partial charge in [0.15, 0.2) is 0 Å². The molecule has 1 aromatic heterocycles. The number of alkyl carbamates (subject to hydrolysis) is 1. The molecule has 0 aliphatic carbocycles. The molecule has 0 unspecified atom stereocenters. The molecule has 7 heteroatoms. The van der Waals surface area contributed by atoms with Gasteiger partial charge in [-0.25, -0.2) is 4.79 Å². The Labute approximate surface area is 148 Å². The number of rotatable bonds is 3. The normalized spacial score (nSPS) is 29.9. The van der Waals surface area contributed by atoms with Gasteiger partial charge in [0.1, 0.15) is 11.2 Å². The van der Waals surface area contributed by atoms with Crippen molar-refractivity contribution in [1.29, 1.82) is 0 Å². The highest BCUT2D eigenvalue weighted by molar-refractivity contribution is 5.68. The number of hydrogen-bond acceptors (Lipinski definition) is 6. The van der Waals surface area contributed by atoms with Crippen molar-refractivity contribution in [2.75, 3.05) is 5.73 Å². The third-order valence-electron chi connectivity index (χ3n) is 4.62. The minimum atomic E-state index is -1.19. The fourth-order valence-corrected chi connectivity index (χ4v) is 3.20. The van der Waals surface area contributed by atoms with Gasteiger partial charge >= 0.3 is 6.09 Å². The number of nitrogens with one attached hydrogen (secondary N) is 1. The van der Waals surface area contributed by atoms with Gasteiger partial charge in [-0.1, -0.05) is 6.92 Å². The topological polar surface area (TPSA) is 107 Å². The van der Waals surface area contributed by atoms with Crippen molar-refractivity contribution in [2.45, 2.75) is 76.9 Å². The number of nitrogens with zero attached hydrogens (tertiary/aromatic N) is 1. The van der Waals surface area contributed by atoms with Gasteiger partial charge in [0.2, 0.25) is 0 Å². The number of anilines is 1. The molecule has 1 aliphatic heterocycles. The molecule has 0 bridgehead atoms. The van der Waals surface area contributed by atoms with Gasteiger partial charge in [-0.2, -0.15) is 0 Å². The van der Waals surface area contributed by atoms with E-state index in [9.17, 15) is 9.90 Å². The predicted octanol–water partition coefficient (Wildman–Crippen LogP) is 2.55. The molecule has 0 saturated carbocycles. The first kappa shape index (κ1) is 19.5. The fraction of sp³-hybridized carbons (Fsp3) is 0.667. The zero-order valence-corrected chi connectivity index (χ0v) is 15.6. The number of aliphatic hydroxyl groups is 1. The van der Waals surface area contributed by atoms with Crippen LogP contribution in [0.25, 0.3) is 0 Å². The predicted molar refractivity (Wildman–Crippen MR) is 95.0 cm³/mol. The van der Waals surface area contributed by atoms with Gasteiger partial charge in [-0.05, 0) is 40.2 Å². The Morgan fingerprint density at radius 1 is 1.56 bits per heavy atom. The Morgan fingerprint density at radius 3 is 2.80 bits per heavy atom. The molecule has 1 saturated heterocycles. The van der Waals surface area contributed by atoms with E-state index in [0.717, 1.165) is 5.56 Å². The molecular formula is C18H29N3O4. The smallest absolute Gasteiger partial charge is 0.407 e. The van der Waals surface area contributed by atoms with E-state index in [1.54, 1.807) is 46.2 Å². The van der Waals surface area contributed by atoms with Crippen LogP contribution >= 0.6 is 0 Å². The second-order valence-electron chi connectivity index (χ2n) is 7.55. The lowest BCUT2D eigenvalue weighted by Gasteiger charge is -2.47. The highest BCUT2D eigenvalue weighted by Crippen LogP contribution is 2.40. The highest BCUT2D eigenvalue weighted by atomic mass is 16.6. The summed E-state index contributed by atoms with van der Waals surface area (Å²) in [5.74, 6) is 0. The van der Waals surface area contributed by atoms with Gasteiger partial charge in [0.25, 0.3) is 0 Å². The van der Waals surface area contributed by atoms with Crippen LogP contribution in [-0.2, 0) is 9.47 Å². The first-order chi connectivity index (χ1) is 11.6. The molecule has 2 rings (SSSR count). The minimum Gasteiger partial charge on any atom is -0.444 e. The minimum absolute atomic E-state index is 0.343. The number of carbonyl (C=O) groups excluding carboxylic acids is 1. The van der Waals surface area contributed by atoms with Gasteiger partial charge in [-0.15, -0.1) is 0 Å². The number of pyridine rings is 1. The standard InChI is InChI=1S/C18H29N3O4/c1-6-18(23)11(2)24-14(12-7-8-20-10-13(12)19)9-15(18)21-16(22)25-17(3,4)5/h7-8,10-11,14-15,23H,6,9,19H2,1-5H3,(H,21,22)/t11-,14-,15-,18-/m1/s1. The van der Waals surface area contributed by atoms with Crippen molar-refractivity contribution in [3.63, 3.8) is 0 Å². The van der Waals surface area contributed by atoms with Crippen LogP contribution in [0.2, 0.25) is 0 Å². The summed E-state index contributed by atoms with van der Waals surface area (Å²) in [5, 5.41) is 13.9. The summed E-state index contributed by atoms with van der Waals surface area (Å²) >= 11 is 0. The summed E-state index contributed by atoms with van der Waals surface area (Å²) < 4.78 is 11.4. The lowest BCUT2D eigenvalue weighted by molar-refractivity contribution is -0.186. The molecule has 140 valence electrons. The van der Waals surface area contributed by atoms with E-state index in [2.05, 4.69) is 10.3 Å². The summed E-state index contributed by atoms with van der Waals surface area (Å²) in [4.78, 5) is 16.2. The van der Waals surface area contributed by atoms with Crippen LogP contribution in [0.15, 0.2) is 18.5 Å². The summed E-state index contributed by atoms with van der Waals surface area (Å²) in [6.07, 6.45) is 2.67. The molecule has 1 amide bonds. The van der Waals surface area contributed by atoms with Gasteiger partial charge in [0, 0.05) is 18.2 Å². The molecule has 2 heterocycles. The number of carbonyl (C=O) groups is 1. The van der Waals surface area contributed by atoms with Gasteiger partial charge in [-0.3, -0.25) is 4.98 Å². The summed E-state index contributed by atoms with van der Waals surface area (Å²) in [7, 11) is 0. The number of aromatic nitrogens is 1. The number of nitrogens with two attached hydrogens (primary N) is 1. The Hall–Kier alpha value is -1.86. The van der Waals surface area contributed by atoms with E-state index < -0.39 is 29.4 Å². The Bertz CT molecular complexity index is 617. The van der Waals surface area contributed by atoms with E-state index in [0.29, 0.717) is 18.5 Å². The number of amides is 1. The van der Waals surface area contributed by atoms with E-state index >= 15 is 0 Å². The first-order valence-corrected chi connectivity index (χ1v) is 8.63. The van der Waals surface area contributed by atoms with E-state index in [4.69, 9.17) is 15.2 Å². The maximum Gasteiger partial charge on any atom is 0.407 e. The van der Waals surface area contributed by atoms with Gasteiger partial charge < -0.3 is 25.6 Å². The summed E-state index contributed by atoms with van der Waals surface area (Å²) in [5.41, 5.74) is 5.54. The second kappa shape index (κ2) is 7.17. The Morgan fingerprint density at radius 2 is 2.24 bits per heavy atom. The molecule has 1 aromatic rings. The van der Waals surface area contributed by atoms with E-state index in [1.807, 2.05) is 6.92 Å². The SMILES string of the molecule is CC[C@]1(O)[C@H](NC(=O)OC(C)(C)C)C[C@H](c2ccncc2N)O[C@@H]1C. The molecule has 4 N–H and O–H groups in total. The molecule has 1 aliphatic rings. The van der Waals surface area contributed by atoms with Crippen LogP contribution in [0.4, 0.5) is 10.5 Å². The zero-order chi connectivity index (χ0) is 18.8. The zero-order valence-electron chi connectivity index (χ0n) is 15.6. The van der Waals surface area contributed by atoms with Crippen LogP contribution in [0.5, 0.6) is 0 Å². The molecule has 1 fully saturated rings. The molecule has 0 aromatic carbocycles. The summed E-state index contributed by atoms with van der Waals surface area (Å²) in [6, 6.07) is 1.28. The molecule has 25 heavy (non-hydrogen) atoms. The Balaban J connectivity index is 2.23. The van der Waals surface area contributed by atoms with Gasteiger partial charge in [0.05, 0.1) is 30.1 Å². The fourth-order valence-electron chi connectivity index (χ4n) is 3.20. The maximum atomic E-state index is 12.2. The average Bonchev–Trinajstić information content (AvgIpc) is 2.50. The van der Waals surface area contributed by atoms with Crippen molar-refractivity contribution < 1.29 is 19.4 Å². The third kappa shape index (κ3) is 4.41. The number of hydrogen-bond donors (Lipinski definition) is 3. The molecule has 4 atom stereocenters. The van der Waals surface area contributed by atoms with Crippen molar-refractivity contribution in [2.24, 2.45) is 0 Å². The second-order valence-corrected chi connectivity index (χ2v) is 7.55. The maximum absolute atomic E-state index is 12.2. The number of ether oxygens (including phenoxy) is 2. The van der Waals surface area contributed by atoms with E-state index in [-0.39, 0.29) is 6.10 Å². The molecule has 7 nitrogen and oxygen atoms in total. The Kier molecular flexibility index (Phi) is 5.58. The van der Waals surface area contributed by atoms with E-state index in [1.165, 1.54) is 0 Å². The van der Waals surface area contributed by atoms with Crippen LogP contribution in [-0.4, -0.2) is 39.5 Å². The monoisotopic (exact) mass is 351 g/mol. The van der Waals surface area contributed by atoms with Crippen molar-refractivity contribution in [3.8, 4) is 0 Å². The van der Waals surface area contributed by atoms with Crippen LogP contribution in [0.1, 0.15) is 59.1 Å². The quantitative estimate of drug-likeness (QED) is 0.772. The van der Waals surface area contributed by atoms with Crippen molar-refractivity contribution in [3.05, 3.63) is 24.0 Å². The third-order valence-corrected chi connectivity index (χ3v) is 4.62. The van der Waals surface area contributed by atoms with Crippen LogP contribution < -0.4 is 11.1 Å². The lowest BCUT2D eigenvalue weighted by atomic mass is 9.79. The first-order valence-electron chi connectivity index (χ1n) is 8.63. The number of nitrogen functional groups attached to an aromatic ring is 1. The van der Waals surface area contributed by atoms with Crippen molar-refractivity contribution in [1.82, 2.24) is 10.3 Å².